The van der Waals surface area contributed by atoms with Gasteiger partial charge in [0, 0.05) is 35.3 Å². The molecule has 0 atom stereocenters. The zero-order chi connectivity index (χ0) is 19.5. The average Bonchev–Trinajstić information content (AvgIpc) is 3.20. The van der Waals surface area contributed by atoms with Crippen molar-refractivity contribution < 1.29 is 9.32 Å². The smallest absolute Gasteiger partial charge is 0.324 e. The number of hydrogen-bond acceptors (Lipinski definition) is 5. The molecule has 1 aliphatic rings. The second kappa shape index (κ2) is 8.02. The highest BCUT2D eigenvalue weighted by molar-refractivity contribution is 6.30. The fraction of sp³-hybridized carbons (Fsp3) is 0.286. The van der Waals surface area contributed by atoms with Gasteiger partial charge in [0.05, 0.1) is 0 Å². The summed E-state index contributed by atoms with van der Waals surface area (Å²) < 4.78 is 5.42. The summed E-state index contributed by atoms with van der Waals surface area (Å²) in [6, 6.07) is 15.6. The summed E-state index contributed by atoms with van der Waals surface area (Å²) in [6.07, 6.45) is 1.49. The molecular formula is C21H21ClN4O2. The summed E-state index contributed by atoms with van der Waals surface area (Å²) in [4.78, 5) is 19.0. The van der Waals surface area contributed by atoms with Crippen LogP contribution in [-0.4, -0.2) is 29.1 Å². The maximum atomic E-state index is 12.5. The standard InChI is InChI=1S/C21H21ClN4O2/c1-14-2-8-18(9-3-14)23-20(27)16-10-12-26(13-11-16)21-24-19(25-28-21)15-4-6-17(22)7-5-15/h2-9,16H,10-13H2,1H3,(H,23,27). The Morgan fingerprint density at radius 1 is 1.11 bits per heavy atom. The molecule has 1 fully saturated rings. The first-order valence-corrected chi connectivity index (χ1v) is 9.68. The number of anilines is 2. The van der Waals surface area contributed by atoms with E-state index in [1.54, 1.807) is 12.1 Å². The molecule has 1 aliphatic heterocycles. The van der Waals surface area contributed by atoms with Crippen molar-refractivity contribution in [2.24, 2.45) is 5.92 Å². The topological polar surface area (TPSA) is 71.3 Å². The minimum atomic E-state index is -0.0174. The molecular weight excluding hydrogens is 376 g/mol. The number of rotatable bonds is 4. The predicted octanol–water partition coefficient (Wildman–Crippen LogP) is 4.55. The van der Waals surface area contributed by atoms with Crippen molar-refractivity contribution in [2.75, 3.05) is 23.3 Å². The van der Waals surface area contributed by atoms with Crippen LogP contribution in [0.3, 0.4) is 0 Å². The fourth-order valence-electron chi connectivity index (χ4n) is 3.27. The largest absolute Gasteiger partial charge is 0.326 e. The third kappa shape index (κ3) is 4.17. The molecule has 2 heterocycles. The van der Waals surface area contributed by atoms with Gasteiger partial charge in [-0.05, 0) is 56.2 Å². The maximum absolute atomic E-state index is 12.5. The quantitative estimate of drug-likeness (QED) is 0.700. The van der Waals surface area contributed by atoms with Gasteiger partial charge >= 0.3 is 6.01 Å². The highest BCUT2D eigenvalue weighted by Gasteiger charge is 2.27. The predicted molar refractivity (Wildman–Crippen MR) is 109 cm³/mol. The first kappa shape index (κ1) is 18.5. The van der Waals surface area contributed by atoms with Crippen LogP contribution in [0.15, 0.2) is 53.1 Å². The molecule has 28 heavy (non-hydrogen) atoms. The molecule has 6 nitrogen and oxygen atoms in total. The van der Waals surface area contributed by atoms with Crippen LogP contribution in [-0.2, 0) is 4.79 Å². The third-order valence-electron chi connectivity index (χ3n) is 4.97. The summed E-state index contributed by atoms with van der Waals surface area (Å²) in [5.74, 6) is 0.581. The summed E-state index contributed by atoms with van der Waals surface area (Å²) in [6.45, 7) is 3.43. The lowest BCUT2D eigenvalue weighted by Gasteiger charge is -2.29. The zero-order valence-corrected chi connectivity index (χ0v) is 16.3. The fourth-order valence-corrected chi connectivity index (χ4v) is 3.40. The molecule has 1 saturated heterocycles. The van der Waals surface area contributed by atoms with Gasteiger partial charge in [-0.15, -0.1) is 0 Å². The van der Waals surface area contributed by atoms with E-state index in [-0.39, 0.29) is 11.8 Å². The highest BCUT2D eigenvalue weighted by Crippen LogP contribution is 2.26. The SMILES string of the molecule is Cc1ccc(NC(=O)C2CCN(c3nc(-c4ccc(Cl)cc4)no3)CC2)cc1. The molecule has 0 spiro atoms. The van der Waals surface area contributed by atoms with E-state index < -0.39 is 0 Å². The van der Waals surface area contributed by atoms with Crippen LogP contribution in [0.1, 0.15) is 18.4 Å². The normalized spacial score (nSPS) is 14.9. The van der Waals surface area contributed by atoms with Crippen molar-refractivity contribution in [3.8, 4) is 11.4 Å². The molecule has 0 bridgehead atoms. The van der Waals surface area contributed by atoms with Crippen LogP contribution in [0.5, 0.6) is 0 Å². The van der Waals surface area contributed by atoms with Gasteiger partial charge in [0.15, 0.2) is 0 Å². The van der Waals surface area contributed by atoms with Crippen LogP contribution in [0.25, 0.3) is 11.4 Å². The maximum Gasteiger partial charge on any atom is 0.324 e. The Kier molecular flexibility index (Phi) is 5.30. The van der Waals surface area contributed by atoms with E-state index in [9.17, 15) is 4.79 Å². The van der Waals surface area contributed by atoms with Crippen molar-refractivity contribution in [2.45, 2.75) is 19.8 Å². The lowest BCUT2D eigenvalue weighted by molar-refractivity contribution is -0.120. The molecule has 0 saturated carbocycles. The number of hydrogen-bond donors (Lipinski definition) is 1. The van der Waals surface area contributed by atoms with E-state index in [1.165, 1.54) is 5.56 Å². The molecule has 0 unspecified atom stereocenters. The number of benzene rings is 2. The van der Waals surface area contributed by atoms with E-state index in [4.69, 9.17) is 16.1 Å². The molecule has 1 N–H and O–H groups in total. The Morgan fingerprint density at radius 2 is 1.79 bits per heavy atom. The molecule has 7 heteroatoms. The van der Waals surface area contributed by atoms with Gasteiger partial charge in [0.1, 0.15) is 0 Å². The van der Waals surface area contributed by atoms with Gasteiger partial charge in [-0.3, -0.25) is 4.79 Å². The monoisotopic (exact) mass is 396 g/mol. The number of aromatic nitrogens is 2. The molecule has 3 aromatic rings. The molecule has 0 aliphatic carbocycles. The van der Waals surface area contributed by atoms with Crippen molar-refractivity contribution in [3.05, 3.63) is 59.1 Å². The zero-order valence-electron chi connectivity index (χ0n) is 15.6. The second-order valence-electron chi connectivity index (χ2n) is 7.02. The van der Waals surface area contributed by atoms with Gasteiger partial charge < -0.3 is 14.7 Å². The molecule has 0 radical (unpaired) electrons. The molecule has 144 valence electrons. The second-order valence-corrected chi connectivity index (χ2v) is 7.46. The Labute approximate surface area is 168 Å². The molecule has 1 aromatic heterocycles. The van der Waals surface area contributed by atoms with Gasteiger partial charge in [-0.2, -0.15) is 4.98 Å². The molecule has 4 rings (SSSR count). The number of carbonyl (C=O) groups is 1. The van der Waals surface area contributed by atoms with E-state index in [2.05, 4.69) is 15.5 Å². The lowest BCUT2D eigenvalue weighted by atomic mass is 9.96. The number of nitrogens with zero attached hydrogens (tertiary/aromatic N) is 3. The number of amides is 1. The van der Waals surface area contributed by atoms with E-state index >= 15 is 0 Å². The Hall–Kier alpha value is -2.86. The third-order valence-corrected chi connectivity index (χ3v) is 5.23. The lowest BCUT2D eigenvalue weighted by Crippen LogP contribution is -2.38. The number of aryl methyl sites for hydroxylation is 1. The number of halogens is 1. The molecule has 2 aromatic carbocycles. The van der Waals surface area contributed by atoms with Crippen molar-refractivity contribution >= 4 is 29.2 Å². The summed E-state index contributed by atoms with van der Waals surface area (Å²) in [5, 5.41) is 7.73. The van der Waals surface area contributed by atoms with Gasteiger partial charge in [-0.1, -0.05) is 34.5 Å². The Morgan fingerprint density at radius 3 is 2.46 bits per heavy atom. The van der Waals surface area contributed by atoms with Gasteiger partial charge in [0.2, 0.25) is 11.7 Å². The van der Waals surface area contributed by atoms with Gasteiger partial charge in [0.25, 0.3) is 0 Å². The van der Waals surface area contributed by atoms with E-state index in [0.29, 0.717) is 30.0 Å². The Bertz CT molecular complexity index is 945. The number of nitrogens with one attached hydrogen (secondary N) is 1. The average molecular weight is 397 g/mol. The van der Waals surface area contributed by atoms with Crippen molar-refractivity contribution in [3.63, 3.8) is 0 Å². The van der Waals surface area contributed by atoms with Gasteiger partial charge in [-0.25, -0.2) is 0 Å². The number of carbonyl (C=O) groups excluding carboxylic acids is 1. The van der Waals surface area contributed by atoms with Crippen LogP contribution < -0.4 is 10.2 Å². The minimum Gasteiger partial charge on any atom is -0.326 e. The van der Waals surface area contributed by atoms with Crippen molar-refractivity contribution in [1.29, 1.82) is 0 Å². The molecule has 1 amide bonds. The van der Waals surface area contributed by atoms with Crippen LogP contribution in [0.2, 0.25) is 5.02 Å². The first-order valence-electron chi connectivity index (χ1n) is 9.30. The van der Waals surface area contributed by atoms with Crippen LogP contribution in [0.4, 0.5) is 11.7 Å². The van der Waals surface area contributed by atoms with Crippen molar-refractivity contribution in [1.82, 2.24) is 10.1 Å². The highest BCUT2D eigenvalue weighted by atomic mass is 35.5. The Balaban J connectivity index is 1.34. The van der Waals surface area contributed by atoms with Crippen LogP contribution in [0, 0.1) is 12.8 Å². The summed E-state index contributed by atoms with van der Waals surface area (Å²) >= 11 is 5.92. The first-order chi connectivity index (χ1) is 13.6. The minimum absolute atomic E-state index is 0.0174. The van der Waals surface area contributed by atoms with E-state index in [1.807, 2.05) is 48.2 Å². The van der Waals surface area contributed by atoms with E-state index in [0.717, 1.165) is 24.1 Å². The number of piperidine rings is 1. The summed E-state index contributed by atoms with van der Waals surface area (Å²) in [5.41, 5.74) is 2.86. The summed E-state index contributed by atoms with van der Waals surface area (Å²) in [7, 11) is 0. The van der Waals surface area contributed by atoms with Crippen LogP contribution >= 0.6 is 11.6 Å².